The van der Waals surface area contributed by atoms with Gasteiger partial charge in [0.25, 0.3) is 5.69 Å². The van der Waals surface area contributed by atoms with Crippen molar-refractivity contribution < 1.29 is 4.92 Å². The molecule has 1 aromatic carbocycles. The van der Waals surface area contributed by atoms with Crippen molar-refractivity contribution in [3.8, 4) is 11.3 Å². The summed E-state index contributed by atoms with van der Waals surface area (Å²) in [5.41, 5.74) is 9.96. The average Bonchev–Trinajstić information content (AvgIpc) is 3.00. The molecule has 27 heavy (non-hydrogen) atoms. The predicted octanol–water partition coefficient (Wildman–Crippen LogP) is 3.67. The third kappa shape index (κ3) is 3.88. The van der Waals surface area contributed by atoms with Gasteiger partial charge in [-0.15, -0.1) is 13.2 Å². The molecule has 0 amide bonds. The van der Waals surface area contributed by atoms with Crippen LogP contribution in [-0.4, -0.2) is 32.3 Å². The smallest absolute Gasteiger partial charge is 0.269 e. The van der Waals surface area contributed by atoms with Crippen molar-refractivity contribution in [3.63, 3.8) is 0 Å². The van der Waals surface area contributed by atoms with Crippen molar-refractivity contribution in [1.29, 1.82) is 0 Å². The highest BCUT2D eigenvalue weighted by molar-refractivity contribution is 5.68. The molecule has 0 bridgehead atoms. The highest BCUT2D eigenvalue weighted by Gasteiger charge is 2.17. The first-order valence-electron chi connectivity index (χ1n) is 8.49. The number of nitro benzene ring substituents is 1. The molecule has 0 saturated carbocycles. The van der Waals surface area contributed by atoms with Crippen molar-refractivity contribution in [2.75, 3.05) is 18.8 Å². The van der Waals surface area contributed by atoms with Crippen LogP contribution in [-0.2, 0) is 6.54 Å². The molecule has 0 unspecified atom stereocenters. The number of imidazole rings is 1. The van der Waals surface area contributed by atoms with Crippen LogP contribution in [0.4, 0.5) is 11.4 Å². The Kier molecular flexibility index (Phi) is 5.33. The Balaban J connectivity index is 2.11. The van der Waals surface area contributed by atoms with E-state index in [9.17, 15) is 10.1 Å². The fraction of sp³-hybridized carbons (Fsp3) is 0.150. The van der Waals surface area contributed by atoms with Crippen molar-refractivity contribution in [2.45, 2.75) is 6.54 Å². The summed E-state index contributed by atoms with van der Waals surface area (Å²) in [7, 11) is 0. The topological polar surface area (TPSA) is 89.7 Å². The zero-order chi connectivity index (χ0) is 19.4. The molecule has 0 spiro atoms. The first kappa shape index (κ1) is 18.3. The van der Waals surface area contributed by atoms with Crippen LogP contribution < -0.4 is 5.73 Å². The minimum atomic E-state index is -0.412. The molecule has 0 radical (unpaired) electrons. The number of nitro groups is 1. The molecule has 138 valence electrons. The van der Waals surface area contributed by atoms with Crippen molar-refractivity contribution >= 4 is 17.0 Å². The van der Waals surface area contributed by atoms with Crippen molar-refractivity contribution in [3.05, 3.63) is 83.7 Å². The monoisotopic (exact) mass is 363 g/mol. The van der Waals surface area contributed by atoms with Gasteiger partial charge in [-0.1, -0.05) is 12.2 Å². The van der Waals surface area contributed by atoms with E-state index in [0.29, 0.717) is 25.3 Å². The summed E-state index contributed by atoms with van der Waals surface area (Å²) >= 11 is 0. The fourth-order valence-electron chi connectivity index (χ4n) is 3.01. The summed E-state index contributed by atoms with van der Waals surface area (Å²) in [6, 6.07) is 10.1. The third-order valence-corrected chi connectivity index (χ3v) is 4.24. The van der Waals surface area contributed by atoms with E-state index in [-0.39, 0.29) is 5.69 Å². The number of nitrogens with two attached hydrogens (primary N) is 1. The number of non-ortho nitro benzene ring substituents is 1. The molecule has 0 fully saturated rings. The number of benzene rings is 1. The molecule has 2 heterocycles. The quantitative estimate of drug-likeness (QED) is 0.375. The normalized spacial score (nSPS) is 11.0. The molecule has 0 saturated heterocycles. The minimum absolute atomic E-state index is 0.0493. The standard InChI is InChI=1S/C20H21N5O2/c1-3-11-23(12-4-2)14-18-20(15-5-8-17(9-6-15)25(26)27)22-19-10-7-16(21)13-24(18)19/h3-10,13H,1-2,11-12,14,21H2. The molecule has 0 aliphatic rings. The molecular weight excluding hydrogens is 342 g/mol. The average molecular weight is 363 g/mol. The van der Waals surface area contributed by atoms with E-state index in [4.69, 9.17) is 10.7 Å². The maximum absolute atomic E-state index is 10.9. The highest BCUT2D eigenvalue weighted by atomic mass is 16.6. The zero-order valence-corrected chi connectivity index (χ0v) is 14.9. The van der Waals surface area contributed by atoms with Crippen LogP contribution in [0.3, 0.4) is 0 Å². The van der Waals surface area contributed by atoms with Crippen molar-refractivity contribution in [2.24, 2.45) is 0 Å². The number of nitrogens with zero attached hydrogens (tertiary/aromatic N) is 4. The molecule has 2 N–H and O–H groups in total. The molecule has 7 nitrogen and oxygen atoms in total. The second-order valence-corrected chi connectivity index (χ2v) is 6.17. The predicted molar refractivity (Wildman–Crippen MR) is 107 cm³/mol. The summed E-state index contributed by atoms with van der Waals surface area (Å²) < 4.78 is 1.96. The summed E-state index contributed by atoms with van der Waals surface area (Å²) in [6.45, 7) is 9.62. The molecular formula is C20H21N5O2. The van der Waals surface area contributed by atoms with Gasteiger partial charge in [-0.3, -0.25) is 15.0 Å². The third-order valence-electron chi connectivity index (χ3n) is 4.24. The molecule has 0 atom stereocenters. The van der Waals surface area contributed by atoms with Crippen LogP contribution in [0.5, 0.6) is 0 Å². The summed E-state index contributed by atoms with van der Waals surface area (Å²) in [5, 5.41) is 10.9. The highest BCUT2D eigenvalue weighted by Crippen LogP contribution is 2.28. The Bertz CT molecular complexity index is 982. The number of anilines is 1. The van der Waals surface area contributed by atoms with Gasteiger partial charge in [-0.05, 0) is 24.3 Å². The van der Waals surface area contributed by atoms with Gasteiger partial charge in [0, 0.05) is 49.2 Å². The van der Waals surface area contributed by atoms with Crippen LogP contribution in [0.1, 0.15) is 5.69 Å². The Morgan fingerprint density at radius 3 is 2.41 bits per heavy atom. The van der Waals surface area contributed by atoms with Gasteiger partial charge in [-0.25, -0.2) is 4.98 Å². The van der Waals surface area contributed by atoms with Crippen LogP contribution in [0.25, 0.3) is 16.9 Å². The lowest BCUT2D eigenvalue weighted by Crippen LogP contribution is -2.24. The number of aromatic nitrogens is 2. The molecule has 3 rings (SSSR count). The fourth-order valence-corrected chi connectivity index (χ4v) is 3.01. The van der Waals surface area contributed by atoms with E-state index in [1.165, 1.54) is 12.1 Å². The van der Waals surface area contributed by atoms with Crippen molar-refractivity contribution in [1.82, 2.24) is 14.3 Å². The van der Waals surface area contributed by atoms with Crippen LogP contribution in [0.15, 0.2) is 67.9 Å². The van der Waals surface area contributed by atoms with Gasteiger partial charge in [0.2, 0.25) is 0 Å². The molecule has 7 heteroatoms. The van der Waals surface area contributed by atoms with Gasteiger partial charge < -0.3 is 10.1 Å². The first-order valence-corrected chi connectivity index (χ1v) is 8.49. The van der Waals surface area contributed by atoms with Gasteiger partial charge in [0.05, 0.1) is 16.3 Å². The maximum Gasteiger partial charge on any atom is 0.269 e. The van der Waals surface area contributed by atoms with E-state index < -0.39 is 4.92 Å². The second kappa shape index (κ2) is 7.84. The van der Waals surface area contributed by atoms with E-state index in [1.807, 2.05) is 28.8 Å². The molecule has 0 aliphatic carbocycles. The van der Waals surface area contributed by atoms with Gasteiger partial charge in [0.15, 0.2) is 0 Å². The van der Waals surface area contributed by atoms with Crippen LogP contribution >= 0.6 is 0 Å². The number of hydrogen-bond acceptors (Lipinski definition) is 5. The Labute approximate surface area is 157 Å². The number of rotatable bonds is 8. The Morgan fingerprint density at radius 2 is 1.81 bits per heavy atom. The molecule has 2 aromatic heterocycles. The molecule has 0 aliphatic heterocycles. The van der Waals surface area contributed by atoms with Gasteiger partial charge in [0.1, 0.15) is 5.65 Å². The maximum atomic E-state index is 10.9. The Morgan fingerprint density at radius 1 is 1.15 bits per heavy atom. The number of hydrogen-bond donors (Lipinski definition) is 1. The second-order valence-electron chi connectivity index (χ2n) is 6.17. The lowest BCUT2D eigenvalue weighted by Gasteiger charge is -2.19. The largest absolute Gasteiger partial charge is 0.398 e. The van der Waals surface area contributed by atoms with E-state index in [0.717, 1.165) is 22.6 Å². The summed E-state index contributed by atoms with van der Waals surface area (Å²) in [6.07, 6.45) is 5.52. The molecule has 3 aromatic rings. The van der Waals surface area contributed by atoms with E-state index >= 15 is 0 Å². The van der Waals surface area contributed by atoms with E-state index in [2.05, 4.69) is 18.1 Å². The number of fused-ring (bicyclic) bond motifs is 1. The summed E-state index contributed by atoms with van der Waals surface area (Å²) in [4.78, 5) is 17.4. The lowest BCUT2D eigenvalue weighted by atomic mass is 10.1. The lowest BCUT2D eigenvalue weighted by molar-refractivity contribution is -0.384. The van der Waals surface area contributed by atoms with Gasteiger partial charge in [-0.2, -0.15) is 0 Å². The first-order chi connectivity index (χ1) is 13.0. The van der Waals surface area contributed by atoms with Crippen LogP contribution in [0.2, 0.25) is 0 Å². The Hall–Kier alpha value is -3.45. The number of nitrogen functional groups attached to an aromatic ring is 1. The van der Waals surface area contributed by atoms with Gasteiger partial charge >= 0.3 is 0 Å². The number of pyridine rings is 1. The zero-order valence-electron chi connectivity index (χ0n) is 14.9. The van der Waals surface area contributed by atoms with E-state index in [1.54, 1.807) is 18.2 Å². The SMILES string of the molecule is C=CCN(CC=C)Cc1c(-c2ccc([N+](=O)[O-])cc2)nc2ccc(N)cn12. The van der Waals surface area contributed by atoms with Crippen LogP contribution in [0, 0.1) is 10.1 Å². The summed E-state index contributed by atoms with van der Waals surface area (Å²) in [5.74, 6) is 0. The minimum Gasteiger partial charge on any atom is -0.398 e.